The molecule has 1 aliphatic heterocycles. The highest BCUT2D eigenvalue weighted by molar-refractivity contribution is 7.87. The van der Waals surface area contributed by atoms with E-state index in [2.05, 4.69) is 9.82 Å². The van der Waals surface area contributed by atoms with Gasteiger partial charge in [0.05, 0.1) is 12.2 Å². The normalized spacial score (nSPS) is 27.3. The first kappa shape index (κ1) is 14.0. The van der Waals surface area contributed by atoms with Crippen molar-refractivity contribution in [3.05, 3.63) is 18.0 Å². The molecule has 1 aromatic rings. The predicted molar refractivity (Wildman–Crippen MR) is 66.5 cm³/mol. The smallest absolute Gasteiger partial charge is 0.322 e. The number of rotatable bonds is 3. The average molecular weight is 288 g/mol. The number of carbonyl (C=O) groups is 1. The lowest BCUT2D eigenvalue weighted by Crippen LogP contribution is -2.54. The molecule has 2 rings (SSSR count). The van der Waals surface area contributed by atoms with Crippen molar-refractivity contribution >= 4 is 16.2 Å². The zero-order valence-electron chi connectivity index (χ0n) is 10.6. The van der Waals surface area contributed by atoms with Crippen molar-refractivity contribution in [1.29, 1.82) is 0 Å². The van der Waals surface area contributed by atoms with E-state index in [1.54, 1.807) is 17.1 Å². The molecule has 0 aliphatic carbocycles. The first-order chi connectivity index (χ1) is 8.85. The van der Waals surface area contributed by atoms with Crippen molar-refractivity contribution < 1.29 is 18.3 Å². The largest absolute Gasteiger partial charge is 0.480 e. The zero-order valence-corrected chi connectivity index (χ0v) is 11.5. The van der Waals surface area contributed by atoms with Crippen molar-refractivity contribution in [2.75, 3.05) is 7.05 Å². The summed E-state index contributed by atoms with van der Waals surface area (Å²) in [5, 5.41) is 13.2. The number of nitrogens with zero attached hydrogens (tertiary/aromatic N) is 3. The van der Waals surface area contributed by atoms with E-state index >= 15 is 0 Å². The molecule has 0 saturated carbocycles. The molecule has 9 heteroatoms. The van der Waals surface area contributed by atoms with Gasteiger partial charge in [0.25, 0.3) is 10.2 Å². The summed E-state index contributed by atoms with van der Waals surface area (Å²) in [6.45, 7) is 2.58. The fraction of sp³-hybridized carbons (Fsp3) is 0.600. The third kappa shape index (κ3) is 2.62. The highest BCUT2D eigenvalue weighted by atomic mass is 32.2. The quantitative estimate of drug-likeness (QED) is 0.785. The minimum absolute atomic E-state index is 0.167. The molecule has 0 bridgehead atoms. The molecule has 1 saturated heterocycles. The minimum Gasteiger partial charge on any atom is -0.480 e. The molecule has 0 aromatic carbocycles. The second-order valence-electron chi connectivity index (χ2n) is 4.41. The number of likely N-dealkylation sites (N-methyl/N-ethyl adjacent to an activating group) is 1. The van der Waals surface area contributed by atoms with Crippen molar-refractivity contribution in [2.24, 2.45) is 0 Å². The fourth-order valence-corrected chi connectivity index (χ4v) is 3.31. The number of aryl methyl sites for hydroxylation is 1. The fourth-order valence-electron chi connectivity index (χ4n) is 2.04. The number of hydrogen-bond donors (Lipinski definition) is 2. The van der Waals surface area contributed by atoms with Gasteiger partial charge in [0, 0.05) is 25.4 Å². The predicted octanol–water partition coefficient (Wildman–Crippen LogP) is -0.433. The van der Waals surface area contributed by atoms with Crippen molar-refractivity contribution in [2.45, 2.75) is 32.0 Å². The number of nitrogens with one attached hydrogen (secondary N) is 1. The van der Waals surface area contributed by atoms with E-state index in [4.69, 9.17) is 5.11 Å². The molecule has 0 radical (unpaired) electrons. The summed E-state index contributed by atoms with van der Waals surface area (Å²) >= 11 is 0. The zero-order chi connectivity index (χ0) is 14.2. The van der Waals surface area contributed by atoms with Gasteiger partial charge in [-0.2, -0.15) is 22.5 Å². The Morgan fingerprint density at radius 1 is 1.63 bits per heavy atom. The van der Waals surface area contributed by atoms with Crippen LogP contribution in [0, 0.1) is 0 Å². The van der Waals surface area contributed by atoms with E-state index in [1.807, 2.05) is 6.92 Å². The Bertz CT molecular complexity index is 582. The number of aromatic nitrogens is 2. The molecule has 2 atom stereocenters. The van der Waals surface area contributed by atoms with E-state index in [0.717, 1.165) is 4.31 Å². The second kappa shape index (κ2) is 4.91. The number of carboxylic acids is 1. The van der Waals surface area contributed by atoms with Crippen LogP contribution in [0.3, 0.4) is 0 Å². The molecular weight excluding hydrogens is 272 g/mol. The Balaban J connectivity index is 2.30. The third-order valence-electron chi connectivity index (χ3n) is 3.23. The van der Waals surface area contributed by atoms with Gasteiger partial charge in [-0.1, -0.05) is 0 Å². The molecule has 2 heterocycles. The van der Waals surface area contributed by atoms with Gasteiger partial charge in [-0.15, -0.1) is 0 Å². The Morgan fingerprint density at radius 3 is 2.84 bits per heavy atom. The van der Waals surface area contributed by atoms with Crippen molar-refractivity contribution in [3.8, 4) is 0 Å². The molecule has 19 heavy (non-hydrogen) atoms. The topological polar surface area (TPSA) is 105 Å². The van der Waals surface area contributed by atoms with E-state index in [0.29, 0.717) is 12.1 Å². The van der Waals surface area contributed by atoms with Gasteiger partial charge in [-0.3, -0.25) is 9.48 Å². The Hall–Kier alpha value is -1.45. The van der Waals surface area contributed by atoms with Crippen LogP contribution in [0.4, 0.5) is 0 Å². The second-order valence-corrected chi connectivity index (χ2v) is 6.17. The monoisotopic (exact) mass is 288 g/mol. The summed E-state index contributed by atoms with van der Waals surface area (Å²) in [7, 11) is -2.53. The highest BCUT2D eigenvalue weighted by Crippen LogP contribution is 2.27. The number of hydrogen-bond acceptors (Lipinski definition) is 4. The van der Waals surface area contributed by atoms with Gasteiger partial charge in [0.1, 0.15) is 6.04 Å². The third-order valence-corrected chi connectivity index (χ3v) is 4.83. The molecule has 1 aliphatic rings. The highest BCUT2D eigenvalue weighted by Gasteiger charge is 2.40. The van der Waals surface area contributed by atoms with E-state index < -0.39 is 28.3 Å². The maximum absolute atomic E-state index is 11.9. The number of aliphatic carboxylic acids is 1. The summed E-state index contributed by atoms with van der Waals surface area (Å²) in [5.74, 6) is -1.15. The van der Waals surface area contributed by atoms with Crippen LogP contribution in [-0.4, -0.2) is 46.7 Å². The van der Waals surface area contributed by atoms with Crippen LogP contribution in [0.2, 0.25) is 0 Å². The molecule has 1 fully saturated rings. The molecule has 0 spiro atoms. The molecule has 8 nitrogen and oxygen atoms in total. The SMILES string of the molecule is CCn1cc([C@H]2C[C@@H](C(=O)O)N(C)S(=O)(=O)N2)cn1. The lowest BCUT2D eigenvalue weighted by atomic mass is 10.0. The van der Waals surface area contributed by atoms with Gasteiger partial charge in [-0.25, -0.2) is 0 Å². The van der Waals surface area contributed by atoms with Crippen LogP contribution in [0.15, 0.2) is 12.4 Å². The molecule has 0 amide bonds. The summed E-state index contributed by atoms with van der Waals surface area (Å²) < 4.78 is 28.7. The molecule has 2 N–H and O–H groups in total. The average Bonchev–Trinajstić information content (AvgIpc) is 2.80. The summed E-state index contributed by atoms with van der Waals surface area (Å²) in [6.07, 6.45) is 3.44. The van der Waals surface area contributed by atoms with Gasteiger partial charge in [-0.05, 0) is 13.3 Å². The lowest BCUT2D eigenvalue weighted by molar-refractivity contribution is -0.141. The van der Waals surface area contributed by atoms with Crippen LogP contribution in [0.25, 0.3) is 0 Å². The van der Waals surface area contributed by atoms with Crippen LogP contribution in [-0.2, 0) is 21.5 Å². The molecule has 1 aromatic heterocycles. The van der Waals surface area contributed by atoms with Gasteiger partial charge in [0.15, 0.2) is 0 Å². The molecule has 106 valence electrons. The van der Waals surface area contributed by atoms with Crippen molar-refractivity contribution in [3.63, 3.8) is 0 Å². The Labute approximate surface area is 111 Å². The van der Waals surface area contributed by atoms with Gasteiger partial charge in [0.2, 0.25) is 0 Å². The van der Waals surface area contributed by atoms with Gasteiger partial charge < -0.3 is 5.11 Å². The number of carboxylic acid groups (broad SMARTS) is 1. The Kier molecular flexibility index (Phi) is 3.61. The van der Waals surface area contributed by atoms with Crippen LogP contribution < -0.4 is 4.72 Å². The maximum atomic E-state index is 11.9. The summed E-state index contributed by atoms with van der Waals surface area (Å²) in [4.78, 5) is 11.1. The van der Waals surface area contributed by atoms with Crippen LogP contribution in [0.1, 0.15) is 24.9 Å². The van der Waals surface area contributed by atoms with Crippen LogP contribution in [0.5, 0.6) is 0 Å². The first-order valence-corrected chi connectivity index (χ1v) is 7.29. The van der Waals surface area contributed by atoms with Gasteiger partial charge >= 0.3 is 5.97 Å². The Morgan fingerprint density at radius 2 is 2.32 bits per heavy atom. The van der Waals surface area contributed by atoms with Crippen molar-refractivity contribution in [1.82, 2.24) is 18.8 Å². The minimum atomic E-state index is -3.78. The van der Waals surface area contributed by atoms with E-state index in [-0.39, 0.29) is 6.42 Å². The molecule has 0 unspecified atom stereocenters. The van der Waals surface area contributed by atoms with E-state index in [1.165, 1.54) is 7.05 Å². The van der Waals surface area contributed by atoms with Crippen LogP contribution >= 0.6 is 0 Å². The summed E-state index contributed by atoms with van der Waals surface area (Å²) in [5.41, 5.74) is 0.671. The first-order valence-electron chi connectivity index (χ1n) is 5.85. The standard InChI is InChI=1S/C10H16N4O4S/c1-3-14-6-7(5-11-14)8-4-9(10(15)16)13(2)19(17,18)12-8/h5-6,8-9,12H,3-4H2,1-2H3,(H,15,16)/t8-,9+/m1/s1. The molecular formula is C10H16N4O4S. The lowest BCUT2D eigenvalue weighted by Gasteiger charge is -2.34. The summed E-state index contributed by atoms with van der Waals surface area (Å²) in [6, 6.07) is -1.64. The van der Waals surface area contributed by atoms with E-state index in [9.17, 15) is 13.2 Å². The maximum Gasteiger partial charge on any atom is 0.322 e.